The highest BCUT2D eigenvalue weighted by Gasteiger charge is 2.49. The molecule has 0 radical (unpaired) electrons. The van der Waals surface area contributed by atoms with E-state index >= 15 is 4.39 Å². The average Bonchev–Trinajstić information content (AvgIpc) is 3.45. The highest BCUT2D eigenvalue weighted by Crippen LogP contribution is 2.42. The zero-order valence-electron chi connectivity index (χ0n) is 26.6. The molecule has 2 aromatic carbocycles. The number of carbonyl (C=O) groups is 1. The van der Waals surface area contributed by atoms with Crippen LogP contribution in [0.2, 0.25) is 0 Å². The van der Waals surface area contributed by atoms with Crippen LogP contribution in [0.15, 0.2) is 24.3 Å². The van der Waals surface area contributed by atoms with Crippen LogP contribution in [0.3, 0.4) is 0 Å². The monoisotopic (exact) mass is 634 g/mol. The molecule has 0 aliphatic carbocycles. The molecule has 246 valence electrons. The fourth-order valence-electron chi connectivity index (χ4n) is 8.51. The van der Waals surface area contributed by atoms with E-state index in [1.807, 2.05) is 6.92 Å². The van der Waals surface area contributed by atoms with Gasteiger partial charge in [-0.1, -0.05) is 19.4 Å². The van der Waals surface area contributed by atoms with Gasteiger partial charge in [0.05, 0.1) is 17.8 Å². The normalized spacial score (nSPS) is 25.0. The number of ether oxygens (including phenoxy) is 1. The third kappa shape index (κ3) is 5.82. The molecule has 1 unspecified atom stereocenters. The number of aromatic nitrogens is 2. The Morgan fingerprint density at radius 2 is 2.00 bits per heavy atom. The number of primary amides is 1. The number of nitrogens with two attached hydrogens (primary N) is 1. The molecule has 1 aromatic heterocycles. The Bertz CT molecular complexity index is 1640. The number of phenolic OH excluding ortho intramolecular Hbond substituents is 1. The van der Waals surface area contributed by atoms with E-state index in [1.54, 1.807) is 18.2 Å². The van der Waals surface area contributed by atoms with E-state index < -0.39 is 6.17 Å². The predicted octanol–water partition coefficient (Wildman–Crippen LogP) is 5.04. The number of amides is 1. The van der Waals surface area contributed by atoms with Crippen molar-refractivity contribution in [2.45, 2.75) is 83.0 Å². The molecular formula is C35H44F2N6O3. The minimum absolute atomic E-state index is 0.127. The Labute approximate surface area is 268 Å². The molecule has 3 fully saturated rings. The summed E-state index contributed by atoms with van der Waals surface area (Å²) in [5.74, 6) is 0.548. The molecule has 11 heteroatoms. The highest BCUT2D eigenvalue weighted by molar-refractivity contribution is 5.98. The minimum atomic E-state index is -0.855. The van der Waals surface area contributed by atoms with Crippen LogP contribution < -0.4 is 20.3 Å². The summed E-state index contributed by atoms with van der Waals surface area (Å²) >= 11 is 0. The Balaban J connectivity index is 1.26. The molecule has 4 aliphatic heterocycles. The van der Waals surface area contributed by atoms with Crippen LogP contribution in [0.1, 0.15) is 68.7 Å². The minimum Gasteiger partial charge on any atom is -0.508 e. The molecule has 3 N–H and O–H groups in total. The van der Waals surface area contributed by atoms with Gasteiger partial charge in [-0.2, -0.15) is 9.97 Å². The van der Waals surface area contributed by atoms with Crippen LogP contribution in [0.4, 0.5) is 20.3 Å². The van der Waals surface area contributed by atoms with Crippen LogP contribution in [-0.2, 0) is 24.2 Å². The van der Waals surface area contributed by atoms with Crippen molar-refractivity contribution in [1.29, 1.82) is 0 Å². The number of hydrogen-bond donors (Lipinski definition) is 2. The van der Waals surface area contributed by atoms with Gasteiger partial charge in [-0.15, -0.1) is 0 Å². The van der Waals surface area contributed by atoms with Gasteiger partial charge in [0.1, 0.15) is 30.2 Å². The van der Waals surface area contributed by atoms with Crippen molar-refractivity contribution in [1.82, 2.24) is 14.9 Å². The number of carbonyl (C=O) groups excluding carboxylic acids is 1. The predicted molar refractivity (Wildman–Crippen MR) is 174 cm³/mol. The van der Waals surface area contributed by atoms with Gasteiger partial charge in [-0.05, 0) is 74.1 Å². The van der Waals surface area contributed by atoms with E-state index in [2.05, 4.69) is 14.7 Å². The van der Waals surface area contributed by atoms with Gasteiger partial charge >= 0.3 is 6.01 Å². The molecule has 3 aromatic rings. The number of hydrogen-bond acceptors (Lipinski definition) is 8. The first-order chi connectivity index (χ1) is 22.2. The van der Waals surface area contributed by atoms with E-state index in [0.717, 1.165) is 78.7 Å². The number of aryl methyl sites for hydroxylation is 1. The third-order valence-corrected chi connectivity index (χ3v) is 10.6. The second kappa shape index (κ2) is 12.5. The van der Waals surface area contributed by atoms with E-state index in [-0.39, 0.29) is 34.9 Å². The number of phenols is 1. The van der Waals surface area contributed by atoms with E-state index in [0.29, 0.717) is 64.0 Å². The van der Waals surface area contributed by atoms with Crippen LogP contribution in [0.5, 0.6) is 11.8 Å². The number of anilines is 2. The molecule has 5 heterocycles. The number of benzene rings is 2. The van der Waals surface area contributed by atoms with Gasteiger partial charge in [0.15, 0.2) is 0 Å². The van der Waals surface area contributed by atoms with Crippen molar-refractivity contribution >= 4 is 28.2 Å². The first-order valence-corrected chi connectivity index (χ1v) is 16.9. The zero-order chi connectivity index (χ0) is 32.0. The van der Waals surface area contributed by atoms with Crippen LogP contribution >= 0.6 is 0 Å². The first-order valence-electron chi connectivity index (χ1n) is 16.9. The molecule has 3 saturated heterocycles. The highest BCUT2D eigenvalue weighted by atomic mass is 19.1. The lowest BCUT2D eigenvalue weighted by Crippen LogP contribution is -2.43. The standard InChI is InChI=1S/C35H44F2N6O3/c1-2-26-28(37)8-7-23-15-25(44)16-30(32(23)26)41-13-9-27-29(20-41)39-34(46-21-35-10-5-12-43(35)19-24(36)17-35)40-33(27)42-11-4-3-6-22(18-42)14-31(38)45/h7-8,15-16,22,24,44H,2-6,9-14,17-21H2,1H3,(H2,38,45)/t22?,24-,35+/m1/s1. The van der Waals surface area contributed by atoms with Crippen molar-refractivity contribution < 1.29 is 23.4 Å². The fourth-order valence-corrected chi connectivity index (χ4v) is 8.51. The number of alkyl halides is 1. The summed E-state index contributed by atoms with van der Waals surface area (Å²) in [6.45, 7) is 6.14. The van der Waals surface area contributed by atoms with Gasteiger partial charge in [0.2, 0.25) is 5.91 Å². The quantitative estimate of drug-likeness (QED) is 0.355. The second-order valence-corrected chi connectivity index (χ2v) is 13.7. The summed E-state index contributed by atoms with van der Waals surface area (Å²) in [6, 6.07) is 6.86. The molecule has 0 spiro atoms. The number of fused-ring (bicyclic) bond motifs is 3. The maximum absolute atomic E-state index is 15.0. The van der Waals surface area contributed by atoms with E-state index in [1.165, 1.54) is 6.07 Å². The number of rotatable bonds is 8. The molecule has 46 heavy (non-hydrogen) atoms. The Morgan fingerprint density at radius 1 is 1.13 bits per heavy atom. The number of halogens is 2. The van der Waals surface area contributed by atoms with E-state index in [4.69, 9.17) is 20.4 Å². The summed E-state index contributed by atoms with van der Waals surface area (Å²) in [5.41, 5.74) is 8.54. The SMILES string of the molecule is CCc1c(F)ccc2cc(O)cc(N3CCc4c(nc(OC[C@@]56CCCN5C[C@H](F)C6)nc4N4CCCCC(CC(N)=O)C4)C3)c12. The molecule has 0 saturated carbocycles. The number of aromatic hydroxyl groups is 1. The fraction of sp³-hybridized carbons (Fsp3) is 0.571. The van der Waals surface area contributed by atoms with Gasteiger partial charge in [-0.25, -0.2) is 8.78 Å². The van der Waals surface area contributed by atoms with Crippen molar-refractivity contribution in [2.24, 2.45) is 11.7 Å². The van der Waals surface area contributed by atoms with Crippen molar-refractivity contribution in [2.75, 3.05) is 49.1 Å². The topological polar surface area (TPSA) is 108 Å². The van der Waals surface area contributed by atoms with Gasteiger partial charge < -0.3 is 25.4 Å². The van der Waals surface area contributed by atoms with Crippen molar-refractivity contribution in [3.63, 3.8) is 0 Å². The van der Waals surface area contributed by atoms with Gasteiger partial charge in [0.25, 0.3) is 0 Å². The molecule has 4 aliphatic rings. The summed E-state index contributed by atoms with van der Waals surface area (Å²) in [5, 5.41) is 12.3. The average molecular weight is 635 g/mol. The lowest BCUT2D eigenvalue weighted by atomic mass is 9.95. The molecule has 3 atom stereocenters. The van der Waals surface area contributed by atoms with Crippen molar-refractivity contribution in [3.05, 3.63) is 46.9 Å². The Morgan fingerprint density at radius 3 is 2.83 bits per heavy atom. The van der Waals surface area contributed by atoms with Crippen LogP contribution in [0, 0.1) is 11.7 Å². The second-order valence-electron chi connectivity index (χ2n) is 13.7. The number of nitrogens with zero attached hydrogens (tertiary/aromatic N) is 5. The maximum Gasteiger partial charge on any atom is 0.318 e. The van der Waals surface area contributed by atoms with Crippen molar-refractivity contribution in [3.8, 4) is 11.8 Å². The lowest BCUT2D eigenvalue weighted by Gasteiger charge is -2.35. The van der Waals surface area contributed by atoms with E-state index in [9.17, 15) is 14.3 Å². The van der Waals surface area contributed by atoms with Crippen LogP contribution in [0.25, 0.3) is 10.8 Å². The summed E-state index contributed by atoms with van der Waals surface area (Å²) < 4.78 is 35.9. The zero-order valence-corrected chi connectivity index (χ0v) is 26.6. The lowest BCUT2D eigenvalue weighted by molar-refractivity contribution is -0.118. The third-order valence-electron chi connectivity index (χ3n) is 10.6. The summed E-state index contributed by atoms with van der Waals surface area (Å²) in [4.78, 5) is 28.5. The van der Waals surface area contributed by atoms with Gasteiger partial charge in [-0.3, -0.25) is 9.69 Å². The smallest absolute Gasteiger partial charge is 0.318 e. The van der Waals surface area contributed by atoms with Crippen LogP contribution in [-0.4, -0.2) is 76.9 Å². The maximum atomic E-state index is 15.0. The summed E-state index contributed by atoms with van der Waals surface area (Å²) in [6.07, 6.45) is 5.96. The summed E-state index contributed by atoms with van der Waals surface area (Å²) in [7, 11) is 0. The first kappa shape index (κ1) is 30.9. The van der Waals surface area contributed by atoms with Gasteiger partial charge in [0, 0.05) is 61.7 Å². The molecule has 7 rings (SSSR count). The molecular weight excluding hydrogens is 590 g/mol. The Hall–Kier alpha value is -3.73. The molecule has 9 nitrogen and oxygen atoms in total. The largest absolute Gasteiger partial charge is 0.508 e. The molecule has 1 amide bonds. The Kier molecular flexibility index (Phi) is 8.37. The molecule has 0 bridgehead atoms.